The van der Waals surface area contributed by atoms with Gasteiger partial charge in [0.05, 0.1) is 3.57 Å². The summed E-state index contributed by atoms with van der Waals surface area (Å²) in [5.74, 6) is 3.14. The molecule has 0 N–H and O–H groups in total. The highest BCUT2D eigenvalue weighted by atomic mass is 127. The van der Waals surface area contributed by atoms with Crippen LogP contribution in [0.25, 0.3) is 0 Å². The Balaban J connectivity index is 2.16. The first-order valence-electron chi connectivity index (χ1n) is 4.68. The number of rotatable bonds is 0. The molecule has 1 aliphatic rings. The molecule has 0 atom stereocenters. The Bertz CT molecular complexity index is 567. The van der Waals surface area contributed by atoms with Gasteiger partial charge < -0.3 is 9.47 Å². The average molecular weight is 436 g/mol. The normalized spacial score (nSPS) is 12.1. The number of hydrogen-bond acceptors (Lipinski definition) is 2. The molecule has 3 rings (SSSR count). The van der Waals surface area contributed by atoms with Crippen molar-refractivity contribution in [3.8, 4) is 23.0 Å². The van der Waals surface area contributed by atoms with E-state index in [-0.39, 0.29) is 0 Å². The monoisotopic (exact) mass is 436 g/mol. The van der Waals surface area contributed by atoms with E-state index in [2.05, 4.69) is 45.2 Å². The molecule has 0 aromatic heterocycles. The van der Waals surface area contributed by atoms with E-state index in [0.29, 0.717) is 0 Å². The van der Waals surface area contributed by atoms with Crippen molar-refractivity contribution in [3.05, 3.63) is 43.5 Å². The lowest BCUT2D eigenvalue weighted by atomic mass is 10.2. The number of ether oxygens (including phenoxy) is 2. The van der Waals surface area contributed by atoms with Crippen LogP contribution in [-0.4, -0.2) is 0 Å². The molecule has 1 heterocycles. The first kappa shape index (κ1) is 10.6. The molecule has 2 nitrogen and oxygen atoms in total. The van der Waals surface area contributed by atoms with Crippen molar-refractivity contribution in [2.75, 3.05) is 0 Å². The highest BCUT2D eigenvalue weighted by Gasteiger charge is 2.21. The molecular weight excluding hydrogens is 430 g/mol. The molecule has 2 aromatic rings. The minimum absolute atomic E-state index is 0.770. The second-order valence-electron chi connectivity index (χ2n) is 3.34. The SMILES string of the molecule is Ic1ccc2c(c1I)Oc1ccccc1O2. The number of benzene rings is 2. The van der Waals surface area contributed by atoms with Gasteiger partial charge in [0, 0.05) is 3.57 Å². The average Bonchev–Trinajstić information content (AvgIpc) is 2.32. The minimum atomic E-state index is 0.770. The van der Waals surface area contributed by atoms with Gasteiger partial charge in [-0.05, 0) is 69.4 Å². The summed E-state index contributed by atoms with van der Waals surface area (Å²) in [7, 11) is 0. The largest absolute Gasteiger partial charge is 0.449 e. The fourth-order valence-electron chi connectivity index (χ4n) is 1.54. The van der Waals surface area contributed by atoms with Crippen LogP contribution in [-0.2, 0) is 0 Å². The zero-order valence-electron chi connectivity index (χ0n) is 8.04. The predicted octanol–water partition coefficient (Wildman–Crippen LogP) is 4.79. The van der Waals surface area contributed by atoms with E-state index in [1.807, 2.05) is 36.4 Å². The lowest BCUT2D eigenvalue weighted by Crippen LogP contribution is -2.01. The molecule has 0 amide bonds. The van der Waals surface area contributed by atoms with Crippen LogP contribution in [0.4, 0.5) is 0 Å². The maximum absolute atomic E-state index is 5.85. The Kier molecular flexibility index (Phi) is 2.70. The van der Waals surface area contributed by atoms with Gasteiger partial charge in [-0.15, -0.1) is 0 Å². The Morgan fingerprint density at radius 3 is 2.19 bits per heavy atom. The van der Waals surface area contributed by atoms with Crippen LogP contribution in [0, 0.1) is 7.14 Å². The topological polar surface area (TPSA) is 18.5 Å². The summed E-state index contributed by atoms with van der Waals surface area (Å²) in [6, 6.07) is 11.7. The van der Waals surface area contributed by atoms with Crippen molar-refractivity contribution in [2.45, 2.75) is 0 Å². The molecule has 0 saturated heterocycles. The standard InChI is InChI=1S/C12H6I2O2/c13-7-5-6-10-12(11(7)14)16-9-4-2-1-3-8(9)15-10/h1-6H. The van der Waals surface area contributed by atoms with E-state index in [1.165, 1.54) is 3.57 Å². The van der Waals surface area contributed by atoms with Crippen LogP contribution in [0.1, 0.15) is 0 Å². The van der Waals surface area contributed by atoms with Gasteiger partial charge in [-0.25, -0.2) is 0 Å². The number of para-hydroxylation sites is 2. The molecule has 0 radical (unpaired) electrons. The van der Waals surface area contributed by atoms with Crippen LogP contribution in [0.3, 0.4) is 0 Å². The summed E-state index contributed by atoms with van der Waals surface area (Å²) in [5, 5.41) is 0. The van der Waals surface area contributed by atoms with Crippen molar-refractivity contribution >= 4 is 45.2 Å². The van der Waals surface area contributed by atoms with E-state index >= 15 is 0 Å². The maximum Gasteiger partial charge on any atom is 0.184 e. The third-order valence-corrected chi connectivity index (χ3v) is 5.30. The van der Waals surface area contributed by atoms with Crippen LogP contribution < -0.4 is 9.47 Å². The molecule has 0 saturated carbocycles. The molecule has 0 fully saturated rings. The molecule has 0 aliphatic carbocycles. The summed E-state index contributed by atoms with van der Waals surface area (Å²) >= 11 is 4.56. The Labute approximate surface area is 120 Å². The van der Waals surface area contributed by atoms with Crippen molar-refractivity contribution < 1.29 is 9.47 Å². The minimum Gasteiger partial charge on any atom is -0.449 e. The fourth-order valence-corrected chi connectivity index (χ4v) is 2.52. The first-order chi connectivity index (χ1) is 7.75. The molecule has 80 valence electrons. The van der Waals surface area contributed by atoms with Gasteiger partial charge in [0.15, 0.2) is 23.0 Å². The molecule has 0 unspecified atom stereocenters. The second kappa shape index (κ2) is 4.06. The first-order valence-corrected chi connectivity index (χ1v) is 6.84. The molecule has 2 aromatic carbocycles. The lowest BCUT2D eigenvalue weighted by molar-refractivity contribution is 0.357. The molecule has 1 aliphatic heterocycles. The molecule has 0 bridgehead atoms. The summed E-state index contributed by atoms with van der Waals surface area (Å²) in [6.45, 7) is 0. The van der Waals surface area contributed by atoms with Crippen LogP contribution in [0.15, 0.2) is 36.4 Å². The summed E-state index contributed by atoms with van der Waals surface area (Å²) in [5.41, 5.74) is 0. The summed E-state index contributed by atoms with van der Waals surface area (Å²) in [4.78, 5) is 0. The van der Waals surface area contributed by atoms with Gasteiger partial charge in [-0.2, -0.15) is 0 Å². The van der Waals surface area contributed by atoms with Crippen molar-refractivity contribution in [3.63, 3.8) is 0 Å². The van der Waals surface area contributed by atoms with E-state index in [0.717, 1.165) is 26.6 Å². The van der Waals surface area contributed by atoms with Crippen LogP contribution in [0.5, 0.6) is 23.0 Å². The molecule has 4 heteroatoms. The smallest absolute Gasteiger partial charge is 0.184 e. The van der Waals surface area contributed by atoms with Crippen LogP contribution >= 0.6 is 45.2 Å². The predicted molar refractivity (Wildman–Crippen MR) is 78.5 cm³/mol. The van der Waals surface area contributed by atoms with Crippen molar-refractivity contribution in [2.24, 2.45) is 0 Å². The van der Waals surface area contributed by atoms with Gasteiger partial charge >= 0.3 is 0 Å². The Morgan fingerprint density at radius 1 is 0.750 bits per heavy atom. The zero-order chi connectivity index (χ0) is 11.1. The summed E-state index contributed by atoms with van der Waals surface area (Å²) < 4.78 is 13.9. The van der Waals surface area contributed by atoms with E-state index in [9.17, 15) is 0 Å². The number of halogens is 2. The third-order valence-electron chi connectivity index (χ3n) is 2.29. The number of hydrogen-bond donors (Lipinski definition) is 0. The van der Waals surface area contributed by atoms with Gasteiger partial charge in [0.25, 0.3) is 0 Å². The highest BCUT2D eigenvalue weighted by molar-refractivity contribution is 14.1. The molecular formula is C12H6I2O2. The quantitative estimate of drug-likeness (QED) is 0.472. The molecule has 0 spiro atoms. The Morgan fingerprint density at radius 2 is 1.44 bits per heavy atom. The van der Waals surface area contributed by atoms with Gasteiger partial charge in [0.1, 0.15) is 0 Å². The molecule has 16 heavy (non-hydrogen) atoms. The van der Waals surface area contributed by atoms with Crippen molar-refractivity contribution in [1.29, 1.82) is 0 Å². The summed E-state index contributed by atoms with van der Waals surface area (Å²) in [6.07, 6.45) is 0. The highest BCUT2D eigenvalue weighted by Crippen LogP contribution is 2.47. The van der Waals surface area contributed by atoms with E-state index in [4.69, 9.17) is 9.47 Å². The van der Waals surface area contributed by atoms with Crippen LogP contribution in [0.2, 0.25) is 0 Å². The van der Waals surface area contributed by atoms with E-state index < -0.39 is 0 Å². The van der Waals surface area contributed by atoms with E-state index in [1.54, 1.807) is 0 Å². The second-order valence-corrected chi connectivity index (χ2v) is 5.58. The van der Waals surface area contributed by atoms with Gasteiger partial charge in [-0.1, -0.05) is 12.1 Å². The lowest BCUT2D eigenvalue weighted by Gasteiger charge is -2.21. The maximum atomic E-state index is 5.85. The third kappa shape index (κ3) is 1.67. The van der Waals surface area contributed by atoms with Gasteiger partial charge in [-0.3, -0.25) is 0 Å². The fraction of sp³-hybridized carbons (Fsp3) is 0. The zero-order valence-corrected chi connectivity index (χ0v) is 12.4. The number of fused-ring (bicyclic) bond motifs is 2. The Hall–Kier alpha value is -0.500. The van der Waals surface area contributed by atoms with Crippen molar-refractivity contribution in [1.82, 2.24) is 0 Å². The van der Waals surface area contributed by atoms with Gasteiger partial charge in [0.2, 0.25) is 0 Å².